The van der Waals surface area contributed by atoms with Crippen LogP contribution in [0.3, 0.4) is 0 Å². The highest BCUT2D eigenvalue weighted by molar-refractivity contribution is 7.99. The average molecular weight is 364 g/mol. The van der Waals surface area contributed by atoms with Gasteiger partial charge in [-0.1, -0.05) is 12.5 Å². The molecule has 1 aromatic heterocycles. The van der Waals surface area contributed by atoms with E-state index in [1.54, 1.807) is 18.0 Å². The molecule has 1 saturated heterocycles. The van der Waals surface area contributed by atoms with Crippen LogP contribution in [0.4, 0.5) is 9.39 Å². The van der Waals surface area contributed by atoms with Crippen molar-refractivity contribution < 1.29 is 14.0 Å². The van der Waals surface area contributed by atoms with Crippen LogP contribution in [0.15, 0.2) is 34.5 Å². The molecule has 4 nitrogen and oxygen atoms in total. The summed E-state index contributed by atoms with van der Waals surface area (Å²) in [6.45, 7) is 2.06. The first-order chi connectivity index (χ1) is 11.7. The first-order valence-electron chi connectivity index (χ1n) is 7.74. The molecule has 1 N–H and O–H groups in total. The van der Waals surface area contributed by atoms with Crippen molar-refractivity contribution in [2.45, 2.75) is 23.5 Å². The Hall–Kier alpha value is -1.70. The van der Waals surface area contributed by atoms with Crippen molar-refractivity contribution in [1.29, 1.82) is 0 Å². The molecular formula is C17H17FN2O2S2. The number of amides is 1. The Balaban J connectivity index is 1.72. The number of piperidine rings is 1. The van der Waals surface area contributed by atoms with Gasteiger partial charge in [-0.2, -0.15) is 0 Å². The van der Waals surface area contributed by atoms with Gasteiger partial charge in [-0.25, -0.2) is 8.70 Å². The fourth-order valence-electron chi connectivity index (χ4n) is 2.50. The summed E-state index contributed by atoms with van der Waals surface area (Å²) in [4.78, 5) is 23.5. The summed E-state index contributed by atoms with van der Waals surface area (Å²) in [5.41, 5.74) is 0.676. The van der Waals surface area contributed by atoms with Crippen LogP contribution in [0, 0.1) is 5.82 Å². The van der Waals surface area contributed by atoms with Crippen molar-refractivity contribution in [2.75, 3.05) is 18.4 Å². The molecule has 1 aromatic carbocycles. The lowest BCUT2D eigenvalue weighted by Gasteiger charge is -2.24. The molecule has 126 valence electrons. The number of nitrogens with one attached hydrogen (secondary N) is 1. The second-order valence-corrected chi connectivity index (χ2v) is 7.96. The third-order valence-corrected chi connectivity index (χ3v) is 5.97. The first kappa shape index (κ1) is 17.1. The molecule has 0 saturated carbocycles. The molecule has 0 atom stereocenters. The van der Waals surface area contributed by atoms with E-state index in [9.17, 15) is 14.0 Å². The Bertz CT molecular complexity index is 742. The number of nitrogens with zero attached hydrogens (tertiary/aromatic N) is 1. The van der Waals surface area contributed by atoms with Gasteiger partial charge in [-0.3, -0.25) is 9.59 Å². The van der Waals surface area contributed by atoms with E-state index < -0.39 is 11.7 Å². The lowest BCUT2D eigenvalue weighted by molar-refractivity contribution is 0.102. The number of aldehydes is 1. The number of halogens is 1. The molecular weight excluding hydrogens is 347 g/mol. The maximum Gasteiger partial charge on any atom is 0.256 e. The summed E-state index contributed by atoms with van der Waals surface area (Å²) in [6, 6.07) is 7.27. The third-order valence-electron chi connectivity index (χ3n) is 3.71. The SMILES string of the molecule is O=Cc1cc(SN2CCCCC2)sc1NC(=O)c1cccc(F)c1. The van der Waals surface area contributed by atoms with Gasteiger partial charge in [0.15, 0.2) is 6.29 Å². The number of hydrogen-bond acceptors (Lipinski definition) is 5. The fourth-order valence-corrected chi connectivity index (χ4v) is 4.85. The minimum Gasteiger partial charge on any atom is -0.313 e. The summed E-state index contributed by atoms with van der Waals surface area (Å²) in [5.74, 6) is -0.889. The summed E-state index contributed by atoms with van der Waals surface area (Å²) < 4.78 is 16.5. The van der Waals surface area contributed by atoms with Crippen LogP contribution in [0.5, 0.6) is 0 Å². The quantitative estimate of drug-likeness (QED) is 0.629. The lowest BCUT2D eigenvalue weighted by Crippen LogP contribution is -2.22. The van der Waals surface area contributed by atoms with Crippen LogP contribution in [-0.4, -0.2) is 29.6 Å². The van der Waals surface area contributed by atoms with E-state index >= 15 is 0 Å². The largest absolute Gasteiger partial charge is 0.313 e. The molecule has 1 aliphatic heterocycles. The molecule has 24 heavy (non-hydrogen) atoms. The molecule has 0 radical (unpaired) electrons. The zero-order valence-electron chi connectivity index (χ0n) is 13.0. The van der Waals surface area contributed by atoms with Gasteiger partial charge < -0.3 is 5.32 Å². The molecule has 2 aromatic rings. The number of carbonyl (C=O) groups is 2. The van der Waals surface area contributed by atoms with Crippen molar-refractivity contribution in [3.63, 3.8) is 0 Å². The molecule has 7 heteroatoms. The predicted molar refractivity (Wildman–Crippen MR) is 95.3 cm³/mol. The summed E-state index contributed by atoms with van der Waals surface area (Å²) >= 11 is 2.99. The minimum atomic E-state index is -0.467. The van der Waals surface area contributed by atoms with Gasteiger partial charge in [0.25, 0.3) is 5.91 Å². The molecule has 3 rings (SSSR count). The molecule has 0 unspecified atom stereocenters. The van der Waals surface area contributed by atoms with E-state index in [0.29, 0.717) is 10.6 Å². The number of thiophene rings is 1. The Morgan fingerprint density at radius 1 is 1.25 bits per heavy atom. The van der Waals surface area contributed by atoms with Gasteiger partial charge >= 0.3 is 0 Å². The lowest BCUT2D eigenvalue weighted by atomic mass is 10.2. The molecule has 1 amide bonds. The van der Waals surface area contributed by atoms with Crippen LogP contribution in [0.1, 0.15) is 40.0 Å². The molecule has 2 heterocycles. The van der Waals surface area contributed by atoms with E-state index in [0.717, 1.165) is 23.6 Å². The highest BCUT2D eigenvalue weighted by atomic mass is 32.2. The van der Waals surface area contributed by atoms with Crippen molar-refractivity contribution in [1.82, 2.24) is 4.31 Å². The molecule has 0 spiro atoms. The standard InChI is InChI=1S/C17H17FN2O2S2/c18-14-6-4-5-12(9-14)16(22)19-17-13(11-21)10-15(23-17)24-20-7-2-1-3-8-20/h4-6,9-11H,1-3,7-8H2,(H,19,22). The van der Waals surface area contributed by atoms with E-state index in [4.69, 9.17) is 0 Å². The minimum absolute atomic E-state index is 0.227. The highest BCUT2D eigenvalue weighted by Crippen LogP contribution is 2.37. The van der Waals surface area contributed by atoms with Gasteiger partial charge in [0.1, 0.15) is 10.8 Å². The van der Waals surface area contributed by atoms with E-state index in [1.807, 2.05) is 0 Å². The second-order valence-electron chi connectivity index (χ2n) is 5.51. The highest BCUT2D eigenvalue weighted by Gasteiger charge is 2.17. The summed E-state index contributed by atoms with van der Waals surface area (Å²) in [7, 11) is 0. The Labute approximate surface area is 148 Å². The fraction of sp³-hybridized carbons (Fsp3) is 0.294. The Morgan fingerprint density at radius 3 is 2.75 bits per heavy atom. The van der Waals surface area contributed by atoms with Gasteiger partial charge in [-0.05, 0) is 49.1 Å². The predicted octanol–water partition coefficient (Wildman–Crippen LogP) is 4.45. The van der Waals surface area contributed by atoms with E-state index in [-0.39, 0.29) is 5.56 Å². The Kier molecular flexibility index (Phi) is 5.65. The summed E-state index contributed by atoms with van der Waals surface area (Å²) in [5, 5.41) is 3.21. The van der Waals surface area contributed by atoms with Crippen LogP contribution in [0.2, 0.25) is 0 Å². The first-order valence-corrected chi connectivity index (χ1v) is 9.33. The molecule has 1 aliphatic rings. The zero-order chi connectivity index (χ0) is 16.9. The smallest absolute Gasteiger partial charge is 0.256 e. The van der Waals surface area contributed by atoms with Crippen LogP contribution in [0.25, 0.3) is 0 Å². The van der Waals surface area contributed by atoms with E-state index in [1.165, 1.54) is 54.9 Å². The topological polar surface area (TPSA) is 49.4 Å². The van der Waals surface area contributed by atoms with E-state index in [2.05, 4.69) is 9.62 Å². The van der Waals surface area contributed by atoms with Gasteiger partial charge in [0, 0.05) is 18.7 Å². The van der Waals surface area contributed by atoms with Gasteiger partial charge in [0.05, 0.1) is 9.77 Å². The molecule has 0 aliphatic carbocycles. The number of carbonyl (C=O) groups excluding carboxylic acids is 2. The Morgan fingerprint density at radius 2 is 2.04 bits per heavy atom. The van der Waals surface area contributed by atoms with Crippen molar-refractivity contribution in [3.8, 4) is 0 Å². The van der Waals surface area contributed by atoms with Crippen molar-refractivity contribution in [2.24, 2.45) is 0 Å². The zero-order valence-corrected chi connectivity index (χ0v) is 14.6. The van der Waals surface area contributed by atoms with Crippen LogP contribution in [-0.2, 0) is 0 Å². The number of anilines is 1. The van der Waals surface area contributed by atoms with Gasteiger partial charge in [0.2, 0.25) is 0 Å². The monoisotopic (exact) mass is 364 g/mol. The van der Waals surface area contributed by atoms with Crippen LogP contribution < -0.4 is 5.32 Å². The molecule has 1 fully saturated rings. The van der Waals surface area contributed by atoms with Crippen molar-refractivity contribution in [3.05, 3.63) is 47.3 Å². The maximum absolute atomic E-state index is 13.2. The van der Waals surface area contributed by atoms with Gasteiger partial charge in [-0.15, -0.1) is 11.3 Å². The number of hydrogen-bond donors (Lipinski definition) is 1. The number of benzene rings is 1. The van der Waals surface area contributed by atoms with Crippen molar-refractivity contribution >= 4 is 40.5 Å². The molecule has 0 bridgehead atoms. The third kappa shape index (κ3) is 4.23. The normalized spacial score (nSPS) is 15.2. The van der Waals surface area contributed by atoms with Crippen LogP contribution >= 0.6 is 23.3 Å². The maximum atomic E-state index is 13.2. The number of rotatable bonds is 5. The second kappa shape index (κ2) is 7.92. The average Bonchev–Trinajstić information content (AvgIpc) is 2.97. The summed E-state index contributed by atoms with van der Waals surface area (Å²) in [6.07, 6.45) is 4.36.